The molecule has 1 aliphatic rings. The zero-order chi connectivity index (χ0) is 12.8. The van der Waals surface area contributed by atoms with Gasteiger partial charge in [-0.2, -0.15) is 0 Å². The highest BCUT2D eigenvalue weighted by Gasteiger charge is 2.15. The van der Waals surface area contributed by atoms with Crippen LogP contribution in [0.4, 0.5) is 5.69 Å². The minimum atomic E-state index is -0.0873. The van der Waals surface area contributed by atoms with Crippen LogP contribution in [0.3, 0.4) is 0 Å². The Morgan fingerprint density at radius 1 is 1.39 bits per heavy atom. The molecule has 0 aromatic heterocycles. The molecule has 1 aromatic carbocycles. The molecule has 0 aliphatic carbocycles. The molecule has 0 spiro atoms. The van der Waals surface area contributed by atoms with Gasteiger partial charge in [0.15, 0.2) is 0 Å². The lowest BCUT2D eigenvalue weighted by molar-refractivity contribution is -0.118. The Kier molecular flexibility index (Phi) is 4.88. The first-order valence-corrected chi connectivity index (χ1v) is 7.00. The number of nitrogens with zero attached hydrogens (tertiary/aromatic N) is 1. The second kappa shape index (κ2) is 6.64. The molecule has 2 rings (SSSR count). The smallest absolute Gasteiger partial charge is 0.234 e. The molecule has 0 fully saturated rings. The molecule has 0 saturated carbocycles. The molecule has 1 aromatic rings. The number of benzene rings is 1. The van der Waals surface area contributed by atoms with Gasteiger partial charge in [-0.1, -0.05) is 18.2 Å². The Balaban J connectivity index is 1.82. The van der Waals surface area contributed by atoms with Crippen molar-refractivity contribution in [2.75, 3.05) is 30.4 Å². The van der Waals surface area contributed by atoms with Crippen LogP contribution >= 0.6 is 11.6 Å². The van der Waals surface area contributed by atoms with Crippen molar-refractivity contribution in [2.24, 2.45) is 0 Å². The van der Waals surface area contributed by atoms with Gasteiger partial charge in [0.1, 0.15) is 5.88 Å². The molecular weight excluding hydrogens is 248 g/mol. The number of anilines is 1. The van der Waals surface area contributed by atoms with Crippen molar-refractivity contribution < 1.29 is 4.79 Å². The van der Waals surface area contributed by atoms with E-state index in [2.05, 4.69) is 34.5 Å². The lowest BCUT2D eigenvalue weighted by Gasteiger charge is -2.31. The van der Waals surface area contributed by atoms with Gasteiger partial charge in [0.2, 0.25) is 5.91 Å². The Labute approximate surface area is 113 Å². The highest BCUT2D eigenvalue weighted by atomic mass is 35.5. The van der Waals surface area contributed by atoms with Gasteiger partial charge < -0.3 is 10.2 Å². The van der Waals surface area contributed by atoms with E-state index in [1.54, 1.807) is 0 Å². The summed E-state index contributed by atoms with van der Waals surface area (Å²) >= 11 is 5.42. The molecule has 0 saturated heterocycles. The van der Waals surface area contributed by atoms with Crippen molar-refractivity contribution >= 4 is 23.2 Å². The van der Waals surface area contributed by atoms with Crippen LogP contribution in [0.15, 0.2) is 24.3 Å². The van der Waals surface area contributed by atoms with Crippen molar-refractivity contribution in [1.29, 1.82) is 0 Å². The topological polar surface area (TPSA) is 32.3 Å². The summed E-state index contributed by atoms with van der Waals surface area (Å²) in [6, 6.07) is 8.58. The fourth-order valence-electron chi connectivity index (χ4n) is 2.39. The number of carbonyl (C=O) groups is 1. The van der Waals surface area contributed by atoms with Crippen LogP contribution in [0.1, 0.15) is 18.4 Å². The summed E-state index contributed by atoms with van der Waals surface area (Å²) in [6.45, 7) is 2.80. The van der Waals surface area contributed by atoms with Gasteiger partial charge in [0.05, 0.1) is 0 Å². The number of rotatable bonds is 5. The summed E-state index contributed by atoms with van der Waals surface area (Å²) in [5.74, 6) is -0.0391. The summed E-state index contributed by atoms with van der Waals surface area (Å²) in [6.07, 6.45) is 3.34. The minimum Gasteiger partial charge on any atom is -0.371 e. The summed E-state index contributed by atoms with van der Waals surface area (Å²) < 4.78 is 0. The predicted octanol–water partition coefficient (Wildman–Crippen LogP) is 2.18. The molecule has 1 N–H and O–H groups in total. The van der Waals surface area contributed by atoms with E-state index in [1.807, 2.05) is 0 Å². The summed E-state index contributed by atoms with van der Waals surface area (Å²) in [7, 11) is 0. The zero-order valence-electron chi connectivity index (χ0n) is 10.5. The number of aryl methyl sites for hydroxylation is 1. The molecule has 0 radical (unpaired) electrons. The second-order valence-electron chi connectivity index (χ2n) is 4.56. The van der Waals surface area contributed by atoms with Crippen molar-refractivity contribution in [1.82, 2.24) is 5.32 Å². The maximum atomic E-state index is 11.0. The van der Waals surface area contributed by atoms with E-state index in [1.165, 1.54) is 24.1 Å². The lowest BCUT2D eigenvalue weighted by atomic mass is 10.0. The minimum absolute atomic E-state index is 0.0482. The third kappa shape index (κ3) is 3.39. The van der Waals surface area contributed by atoms with E-state index in [0.717, 1.165) is 19.5 Å². The van der Waals surface area contributed by atoms with Crippen LogP contribution in [-0.2, 0) is 11.2 Å². The number of hydrogen-bond donors (Lipinski definition) is 1. The first kappa shape index (κ1) is 13.2. The number of fused-ring (bicyclic) bond motifs is 1. The van der Waals surface area contributed by atoms with Crippen LogP contribution in [0.5, 0.6) is 0 Å². The van der Waals surface area contributed by atoms with Crippen molar-refractivity contribution in [2.45, 2.75) is 19.3 Å². The number of alkyl halides is 1. The number of para-hydroxylation sites is 1. The van der Waals surface area contributed by atoms with Crippen LogP contribution in [-0.4, -0.2) is 31.4 Å². The molecule has 1 amide bonds. The first-order chi connectivity index (χ1) is 8.81. The lowest BCUT2D eigenvalue weighted by Crippen LogP contribution is -2.33. The molecule has 18 heavy (non-hydrogen) atoms. The third-order valence-electron chi connectivity index (χ3n) is 3.25. The highest BCUT2D eigenvalue weighted by molar-refractivity contribution is 6.27. The second-order valence-corrected chi connectivity index (χ2v) is 4.82. The number of halogens is 1. The molecule has 3 nitrogen and oxygen atoms in total. The predicted molar refractivity (Wildman–Crippen MR) is 75.3 cm³/mol. The zero-order valence-corrected chi connectivity index (χ0v) is 11.2. The van der Waals surface area contributed by atoms with Gasteiger partial charge in [0, 0.05) is 25.3 Å². The largest absolute Gasteiger partial charge is 0.371 e. The summed E-state index contributed by atoms with van der Waals surface area (Å²) in [5.41, 5.74) is 2.79. The Bertz CT molecular complexity index is 409. The Morgan fingerprint density at radius 3 is 3.06 bits per heavy atom. The molecule has 0 atom stereocenters. The van der Waals surface area contributed by atoms with E-state index in [-0.39, 0.29) is 11.8 Å². The van der Waals surface area contributed by atoms with E-state index >= 15 is 0 Å². The quantitative estimate of drug-likeness (QED) is 0.655. The Morgan fingerprint density at radius 2 is 2.22 bits per heavy atom. The average Bonchev–Trinajstić information content (AvgIpc) is 2.43. The average molecular weight is 267 g/mol. The molecule has 0 unspecified atom stereocenters. The maximum absolute atomic E-state index is 11.0. The van der Waals surface area contributed by atoms with Crippen molar-refractivity contribution in [3.8, 4) is 0 Å². The van der Waals surface area contributed by atoms with Gasteiger partial charge in [-0.25, -0.2) is 0 Å². The van der Waals surface area contributed by atoms with Gasteiger partial charge in [-0.15, -0.1) is 11.6 Å². The Hall–Kier alpha value is -1.22. The molecule has 4 heteroatoms. The van der Waals surface area contributed by atoms with Gasteiger partial charge in [0.25, 0.3) is 0 Å². The molecular formula is C14H19ClN2O. The van der Waals surface area contributed by atoms with Gasteiger partial charge >= 0.3 is 0 Å². The maximum Gasteiger partial charge on any atom is 0.234 e. The third-order valence-corrected chi connectivity index (χ3v) is 3.50. The van der Waals surface area contributed by atoms with E-state index in [9.17, 15) is 4.79 Å². The van der Waals surface area contributed by atoms with Gasteiger partial charge in [-0.3, -0.25) is 4.79 Å². The number of nitrogens with one attached hydrogen (secondary N) is 1. The van der Waals surface area contributed by atoms with Crippen LogP contribution in [0, 0.1) is 0 Å². The van der Waals surface area contributed by atoms with Crippen molar-refractivity contribution in [3.05, 3.63) is 29.8 Å². The van der Waals surface area contributed by atoms with Crippen LogP contribution in [0.2, 0.25) is 0 Å². The summed E-state index contributed by atoms with van der Waals surface area (Å²) in [5, 5.41) is 2.80. The normalized spacial score (nSPS) is 14.2. The van der Waals surface area contributed by atoms with Crippen LogP contribution < -0.4 is 10.2 Å². The monoisotopic (exact) mass is 266 g/mol. The van der Waals surface area contributed by atoms with Crippen LogP contribution in [0.25, 0.3) is 0 Å². The SMILES string of the molecule is O=C(CCl)NCCCN1CCCc2ccccc21. The van der Waals surface area contributed by atoms with Crippen molar-refractivity contribution in [3.63, 3.8) is 0 Å². The summed E-state index contributed by atoms with van der Waals surface area (Å²) in [4.78, 5) is 13.4. The standard InChI is InChI=1S/C14H19ClN2O/c15-11-14(18)16-8-4-10-17-9-3-6-12-5-1-2-7-13(12)17/h1-2,5,7H,3-4,6,8-11H2,(H,16,18). The molecule has 0 bridgehead atoms. The molecule has 1 aliphatic heterocycles. The van der Waals surface area contributed by atoms with E-state index < -0.39 is 0 Å². The van der Waals surface area contributed by atoms with E-state index in [0.29, 0.717) is 6.54 Å². The number of hydrogen-bond acceptors (Lipinski definition) is 2. The first-order valence-electron chi connectivity index (χ1n) is 6.47. The highest BCUT2D eigenvalue weighted by Crippen LogP contribution is 2.26. The fourth-order valence-corrected chi connectivity index (χ4v) is 2.48. The van der Waals surface area contributed by atoms with Gasteiger partial charge in [-0.05, 0) is 30.9 Å². The number of carbonyl (C=O) groups excluding carboxylic acids is 1. The van der Waals surface area contributed by atoms with E-state index in [4.69, 9.17) is 11.6 Å². The molecule has 98 valence electrons. The molecule has 1 heterocycles. The fraction of sp³-hybridized carbons (Fsp3) is 0.500. The number of amides is 1.